The van der Waals surface area contributed by atoms with Crippen LogP contribution in [0.15, 0.2) is 0 Å². The van der Waals surface area contributed by atoms with Crippen molar-refractivity contribution in [2.75, 3.05) is 13.1 Å². The average molecular weight is 255 g/mol. The van der Waals surface area contributed by atoms with Crippen molar-refractivity contribution in [1.29, 1.82) is 0 Å². The molecule has 1 rings (SSSR count). The van der Waals surface area contributed by atoms with E-state index in [0.717, 1.165) is 32.4 Å². The third-order valence-electron chi connectivity index (χ3n) is 3.96. The fourth-order valence-electron chi connectivity index (χ4n) is 2.68. The van der Waals surface area contributed by atoms with Crippen LogP contribution in [0.1, 0.15) is 53.9 Å². The largest absolute Gasteiger partial charge is 0.462 e. The lowest BCUT2D eigenvalue weighted by Gasteiger charge is -2.36. The van der Waals surface area contributed by atoms with Crippen LogP contribution < -0.4 is 5.32 Å². The predicted molar refractivity (Wildman–Crippen MR) is 74.4 cm³/mol. The number of esters is 1. The molecule has 0 saturated carbocycles. The molecule has 0 amide bonds. The molecule has 0 aromatic heterocycles. The van der Waals surface area contributed by atoms with E-state index in [2.05, 4.69) is 19.2 Å². The van der Waals surface area contributed by atoms with Gasteiger partial charge < -0.3 is 10.1 Å². The topological polar surface area (TPSA) is 38.3 Å². The summed E-state index contributed by atoms with van der Waals surface area (Å²) >= 11 is 0. The van der Waals surface area contributed by atoms with E-state index in [1.807, 2.05) is 20.8 Å². The Labute approximate surface area is 112 Å². The van der Waals surface area contributed by atoms with E-state index in [9.17, 15) is 4.79 Å². The highest BCUT2D eigenvalue weighted by atomic mass is 16.5. The van der Waals surface area contributed by atoms with Crippen molar-refractivity contribution in [3.05, 3.63) is 0 Å². The summed E-state index contributed by atoms with van der Waals surface area (Å²) in [5, 5.41) is 3.37. The van der Waals surface area contributed by atoms with Gasteiger partial charge in [0.15, 0.2) is 0 Å². The second kappa shape index (κ2) is 6.55. The van der Waals surface area contributed by atoms with Gasteiger partial charge in [-0.15, -0.1) is 0 Å². The molecule has 1 saturated heterocycles. The van der Waals surface area contributed by atoms with E-state index in [1.165, 1.54) is 0 Å². The first-order valence-electron chi connectivity index (χ1n) is 7.25. The molecule has 2 atom stereocenters. The van der Waals surface area contributed by atoms with Gasteiger partial charge in [-0.05, 0) is 65.0 Å². The molecule has 1 N–H and O–H groups in total. The molecule has 0 aliphatic carbocycles. The minimum Gasteiger partial charge on any atom is -0.462 e. The molecule has 0 aromatic rings. The number of nitrogens with one attached hydrogen (secondary N) is 1. The van der Waals surface area contributed by atoms with Crippen molar-refractivity contribution in [3.8, 4) is 0 Å². The quantitative estimate of drug-likeness (QED) is 0.768. The number of piperidine rings is 1. The Morgan fingerprint density at radius 1 is 1.39 bits per heavy atom. The first-order valence-corrected chi connectivity index (χ1v) is 7.25. The smallest absolute Gasteiger partial charge is 0.312 e. The van der Waals surface area contributed by atoms with Gasteiger partial charge in [0.25, 0.3) is 0 Å². The lowest BCUT2D eigenvalue weighted by molar-refractivity contribution is -0.163. The molecule has 3 nitrogen and oxygen atoms in total. The number of carbonyl (C=O) groups excluding carboxylic acids is 1. The first kappa shape index (κ1) is 15.5. The van der Waals surface area contributed by atoms with Crippen LogP contribution in [-0.2, 0) is 9.53 Å². The Hall–Kier alpha value is -0.570. The SMILES string of the molecule is CC(C)CC(C)OC(=O)C(C)(C)C1CCCNC1. The third-order valence-corrected chi connectivity index (χ3v) is 3.96. The molecule has 1 aliphatic heterocycles. The number of ether oxygens (including phenoxy) is 1. The van der Waals surface area contributed by atoms with E-state index in [0.29, 0.717) is 11.8 Å². The van der Waals surface area contributed by atoms with Crippen molar-refractivity contribution in [1.82, 2.24) is 5.32 Å². The average Bonchev–Trinajstić information content (AvgIpc) is 2.28. The monoisotopic (exact) mass is 255 g/mol. The Kier molecular flexibility index (Phi) is 5.64. The highest BCUT2D eigenvalue weighted by Crippen LogP contribution is 2.33. The summed E-state index contributed by atoms with van der Waals surface area (Å²) < 4.78 is 5.61. The summed E-state index contributed by atoms with van der Waals surface area (Å²) in [5.41, 5.74) is -0.376. The van der Waals surface area contributed by atoms with Crippen LogP contribution in [0.25, 0.3) is 0 Å². The standard InChI is InChI=1S/C15H29NO2/c1-11(2)9-12(3)18-14(17)15(4,5)13-7-6-8-16-10-13/h11-13,16H,6-10H2,1-5H3. The van der Waals surface area contributed by atoms with E-state index < -0.39 is 0 Å². The van der Waals surface area contributed by atoms with Crippen LogP contribution in [0, 0.1) is 17.3 Å². The van der Waals surface area contributed by atoms with E-state index in [1.54, 1.807) is 0 Å². The number of hydrogen-bond acceptors (Lipinski definition) is 3. The maximum atomic E-state index is 12.3. The Morgan fingerprint density at radius 2 is 2.06 bits per heavy atom. The van der Waals surface area contributed by atoms with Crippen molar-refractivity contribution in [2.24, 2.45) is 17.3 Å². The molecule has 18 heavy (non-hydrogen) atoms. The molecule has 3 heteroatoms. The molecule has 1 aliphatic rings. The third kappa shape index (κ3) is 4.27. The molecular weight excluding hydrogens is 226 g/mol. The van der Waals surface area contributed by atoms with Crippen molar-refractivity contribution in [3.63, 3.8) is 0 Å². The second-order valence-electron chi connectivity index (χ2n) is 6.61. The van der Waals surface area contributed by atoms with Gasteiger partial charge in [0.2, 0.25) is 0 Å². The molecule has 0 radical (unpaired) electrons. The normalized spacial score (nSPS) is 22.9. The van der Waals surface area contributed by atoms with E-state index in [-0.39, 0.29) is 17.5 Å². The summed E-state index contributed by atoms with van der Waals surface area (Å²) in [4.78, 5) is 12.3. The number of rotatable bonds is 5. The van der Waals surface area contributed by atoms with Crippen LogP contribution in [0.2, 0.25) is 0 Å². The van der Waals surface area contributed by atoms with Crippen molar-refractivity contribution < 1.29 is 9.53 Å². The van der Waals surface area contributed by atoms with Crippen LogP contribution in [0.5, 0.6) is 0 Å². The zero-order chi connectivity index (χ0) is 13.8. The van der Waals surface area contributed by atoms with Gasteiger partial charge in [-0.1, -0.05) is 13.8 Å². The molecule has 0 spiro atoms. The second-order valence-corrected chi connectivity index (χ2v) is 6.61. The Bertz CT molecular complexity index is 268. The van der Waals surface area contributed by atoms with Crippen LogP contribution in [-0.4, -0.2) is 25.2 Å². The zero-order valence-electron chi connectivity index (χ0n) is 12.6. The highest BCUT2D eigenvalue weighted by molar-refractivity contribution is 5.76. The summed E-state index contributed by atoms with van der Waals surface area (Å²) in [5.74, 6) is 0.918. The minimum atomic E-state index is -0.376. The fraction of sp³-hybridized carbons (Fsp3) is 0.933. The number of hydrogen-bond donors (Lipinski definition) is 1. The maximum absolute atomic E-state index is 12.3. The summed E-state index contributed by atoms with van der Waals surface area (Å²) in [6.45, 7) is 12.4. The molecule has 1 fully saturated rings. The first-order chi connectivity index (χ1) is 8.34. The predicted octanol–water partition coefficient (Wildman–Crippen LogP) is 2.99. The van der Waals surface area contributed by atoms with Crippen LogP contribution >= 0.6 is 0 Å². The zero-order valence-corrected chi connectivity index (χ0v) is 12.6. The minimum absolute atomic E-state index is 0.0216. The maximum Gasteiger partial charge on any atom is 0.312 e. The Balaban J connectivity index is 2.52. The van der Waals surface area contributed by atoms with Crippen molar-refractivity contribution in [2.45, 2.75) is 60.0 Å². The summed E-state index contributed by atoms with van der Waals surface area (Å²) in [6, 6.07) is 0. The molecular formula is C15H29NO2. The lowest BCUT2D eigenvalue weighted by atomic mass is 9.75. The molecule has 0 aromatic carbocycles. The van der Waals surface area contributed by atoms with Gasteiger partial charge >= 0.3 is 5.97 Å². The lowest BCUT2D eigenvalue weighted by Crippen LogP contribution is -2.44. The van der Waals surface area contributed by atoms with Crippen LogP contribution in [0.3, 0.4) is 0 Å². The summed E-state index contributed by atoms with van der Waals surface area (Å²) in [6.07, 6.45) is 3.23. The number of carbonyl (C=O) groups is 1. The van der Waals surface area contributed by atoms with Gasteiger partial charge in [-0.3, -0.25) is 4.79 Å². The molecule has 1 heterocycles. The highest BCUT2D eigenvalue weighted by Gasteiger charge is 2.39. The summed E-state index contributed by atoms with van der Waals surface area (Å²) in [7, 11) is 0. The molecule has 0 bridgehead atoms. The van der Waals surface area contributed by atoms with Gasteiger partial charge in [0.1, 0.15) is 0 Å². The van der Waals surface area contributed by atoms with Crippen LogP contribution in [0.4, 0.5) is 0 Å². The Morgan fingerprint density at radius 3 is 2.56 bits per heavy atom. The fourth-order valence-corrected chi connectivity index (χ4v) is 2.68. The van der Waals surface area contributed by atoms with E-state index >= 15 is 0 Å². The molecule has 106 valence electrons. The van der Waals surface area contributed by atoms with Crippen molar-refractivity contribution >= 4 is 5.97 Å². The van der Waals surface area contributed by atoms with Gasteiger partial charge in [0.05, 0.1) is 11.5 Å². The van der Waals surface area contributed by atoms with Gasteiger partial charge in [-0.2, -0.15) is 0 Å². The molecule has 2 unspecified atom stereocenters. The van der Waals surface area contributed by atoms with E-state index in [4.69, 9.17) is 4.74 Å². The van der Waals surface area contributed by atoms with Gasteiger partial charge in [-0.25, -0.2) is 0 Å². The van der Waals surface area contributed by atoms with Gasteiger partial charge in [0, 0.05) is 0 Å².